The molecule has 0 amide bonds. The lowest BCUT2D eigenvalue weighted by atomic mass is 9.84. The van der Waals surface area contributed by atoms with E-state index in [-0.39, 0.29) is 0 Å². The van der Waals surface area contributed by atoms with Crippen LogP contribution >= 0.6 is 0 Å². The zero-order valence-corrected chi connectivity index (χ0v) is 14.9. The van der Waals surface area contributed by atoms with Crippen LogP contribution in [0.4, 0.5) is 0 Å². The molecule has 128 valence electrons. The second-order valence-corrected chi connectivity index (χ2v) is 6.79. The van der Waals surface area contributed by atoms with Gasteiger partial charge < -0.3 is 4.74 Å². The van der Waals surface area contributed by atoms with Crippen LogP contribution in [-0.4, -0.2) is 16.6 Å². The van der Waals surface area contributed by atoms with Gasteiger partial charge in [0.2, 0.25) is 0 Å². The fourth-order valence-corrected chi connectivity index (χ4v) is 3.41. The monoisotopic (exact) mass is 324 g/mol. The molecule has 1 aliphatic rings. The Morgan fingerprint density at radius 3 is 2.71 bits per heavy atom. The number of unbranched alkanes of at least 4 members (excludes halogenated alkanes) is 1. The van der Waals surface area contributed by atoms with Gasteiger partial charge in [-0.3, -0.25) is 0 Å². The Hall–Kier alpha value is -1.90. The summed E-state index contributed by atoms with van der Waals surface area (Å²) in [5.41, 5.74) is 3.66. The summed E-state index contributed by atoms with van der Waals surface area (Å²) >= 11 is 0. The van der Waals surface area contributed by atoms with Crippen molar-refractivity contribution in [3.05, 3.63) is 41.7 Å². The molecule has 3 nitrogen and oxygen atoms in total. The molecule has 1 aliphatic carbocycles. The minimum absolute atomic E-state index is 0.782. The molecular weight excluding hydrogens is 296 g/mol. The first-order valence-corrected chi connectivity index (χ1v) is 9.38. The van der Waals surface area contributed by atoms with E-state index in [0.717, 1.165) is 55.3 Å². The van der Waals surface area contributed by atoms with Gasteiger partial charge in [-0.2, -0.15) is 0 Å². The molecule has 0 saturated carbocycles. The van der Waals surface area contributed by atoms with Crippen molar-refractivity contribution in [2.75, 3.05) is 6.61 Å². The molecule has 3 heteroatoms. The Morgan fingerprint density at radius 2 is 1.96 bits per heavy atom. The Labute approximate surface area is 145 Å². The molecule has 0 radical (unpaired) electrons. The van der Waals surface area contributed by atoms with Crippen LogP contribution in [0.1, 0.15) is 57.2 Å². The predicted octanol–water partition coefficient (Wildman–Crippen LogP) is 5.23. The van der Waals surface area contributed by atoms with Crippen LogP contribution in [-0.2, 0) is 12.8 Å². The van der Waals surface area contributed by atoms with Crippen molar-refractivity contribution in [1.82, 2.24) is 9.97 Å². The van der Waals surface area contributed by atoms with Crippen molar-refractivity contribution < 1.29 is 4.74 Å². The van der Waals surface area contributed by atoms with E-state index in [1.165, 1.54) is 30.5 Å². The van der Waals surface area contributed by atoms with Crippen molar-refractivity contribution >= 4 is 0 Å². The maximum atomic E-state index is 5.72. The Morgan fingerprint density at radius 1 is 1.12 bits per heavy atom. The van der Waals surface area contributed by atoms with Crippen molar-refractivity contribution in [3.8, 4) is 17.1 Å². The van der Waals surface area contributed by atoms with Gasteiger partial charge in [0.1, 0.15) is 5.75 Å². The molecule has 0 spiro atoms. The van der Waals surface area contributed by atoms with Crippen molar-refractivity contribution in [3.63, 3.8) is 0 Å². The van der Waals surface area contributed by atoms with Crippen LogP contribution in [0.15, 0.2) is 30.5 Å². The third-order valence-corrected chi connectivity index (χ3v) is 4.83. The van der Waals surface area contributed by atoms with Gasteiger partial charge >= 0.3 is 0 Å². The maximum absolute atomic E-state index is 5.72. The molecule has 1 atom stereocenters. The highest BCUT2D eigenvalue weighted by molar-refractivity contribution is 5.56. The number of ether oxygens (including phenoxy) is 1. The van der Waals surface area contributed by atoms with Gasteiger partial charge in [0, 0.05) is 17.5 Å². The summed E-state index contributed by atoms with van der Waals surface area (Å²) in [6, 6.07) is 8.16. The van der Waals surface area contributed by atoms with Crippen molar-refractivity contribution in [2.45, 2.75) is 58.8 Å². The van der Waals surface area contributed by atoms with Crippen LogP contribution in [0.5, 0.6) is 5.75 Å². The number of rotatable bonds is 7. The minimum Gasteiger partial charge on any atom is -0.494 e. The third kappa shape index (κ3) is 4.14. The van der Waals surface area contributed by atoms with E-state index in [1.807, 2.05) is 18.3 Å². The zero-order chi connectivity index (χ0) is 16.8. The van der Waals surface area contributed by atoms with Crippen LogP contribution < -0.4 is 4.74 Å². The Balaban J connectivity index is 1.69. The van der Waals surface area contributed by atoms with Crippen LogP contribution in [0.25, 0.3) is 11.4 Å². The summed E-state index contributed by atoms with van der Waals surface area (Å²) in [5, 5.41) is 0. The van der Waals surface area contributed by atoms with Gasteiger partial charge in [0.25, 0.3) is 0 Å². The number of hydrogen-bond acceptors (Lipinski definition) is 3. The molecule has 0 fully saturated rings. The normalized spacial score (nSPS) is 16.7. The topological polar surface area (TPSA) is 35.0 Å². The molecule has 2 aromatic rings. The third-order valence-electron chi connectivity index (χ3n) is 4.83. The fraction of sp³-hybridized carbons (Fsp3) is 0.524. The summed E-state index contributed by atoms with van der Waals surface area (Å²) in [6.07, 6.45) is 10.4. The Kier molecular flexibility index (Phi) is 5.84. The number of nitrogens with zero attached hydrogens (tertiary/aromatic N) is 2. The molecule has 0 saturated heterocycles. The fourth-order valence-electron chi connectivity index (χ4n) is 3.41. The van der Waals surface area contributed by atoms with Crippen molar-refractivity contribution in [1.29, 1.82) is 0 Å². The summed E-state index contributed by atoms with van der Waals surface area (Å²) in [5.74, 6) is 2.58. The molecule has 1 unspecified atom stereocenters. The van der Waals surface area contributed by atoms with E-state index >= 15 is 0 Å². The SMILES string of the molecule is CCCCOc1ccc(-c2ncc3c(n2)CCC(CCC)C3)cc1. The average molecular weight is 324 g/mol. The summed E-state index contributed by atoms with van der Waals surface area (Å²) in [7, 11) is 0. The number of benzene rings is 1. The van der Waals surface area contributed by atoms with E-state index in [0.29, 0.717) is 0 Å². The average Bonchev–Trinajstić information content (AvgIpc) is 2.62. The largest absolute Gasteiger partial charge is 0.494 e. The van der Waals surface area contributed by atoms with E-state index in [1.54, 1.807) is 0 Å². The van der Waals surface area contributed by atoms with Crippen LogP contribution in [0, 0.1) is 5.92 Å². The smallest absolute Gasteiger partial charge is 0.159 e. The van der Waals surface area contributed by atoms with Crippen LogP contribution in [0.2, 0.25) is 0 Å². The maximum Gasteiger partial charge on any atom is 0.159 e. The lowest BCUT2D eigenvalue weighted by Crippen LogP contribution is -2.16. The molecule has 1 heterocycles. The molecule has 0 aliphatic heterocycles. The Bertz CT molecular complexity index is 651. The lowest BCUT2D eigenvalue weighted by Gasteiger charge is -2.23. The van der Waals surface area contributed by atoms with Gasteiger partial charge in [-0.15, -0.1) is 0 Å². The first-order valence-electron chi connectivity index (χ1n) is 9.38. The summed E-state index contributed by atoms with van der Waals surface area (Å²) in [4.78, 5) is 9.44. The summed E-state index contributed by atoms with van der Waals surface area (Å²) < 4.78 is 5.72. The van der Waals surface area contributed by atoms with E-state index in [9.17, 15) is 0 Å². The molecule has 1 aromatic carbocycles. The minimum atomic E-state index is 0.782. The molecule has 1 aromatic heterocycles. The van der Waals surface area contributed by atoms with Gasteiger partial charge in [-0.25, -0.2) is 9.97 Å². The molecular formula is C21H28N2O. The van der Waals surface area contributed by atoms with Gasteiger partial charge in [-0.05, 0) is 61.4 Å². The van der Waals surface area contributed by atoms with Gasteiger partial charge in [0.05, 0.1) is 6.61 Å². The highest BCUT2D eigenvalue weighted by atomic mass is 16.5. The second kappa shape index (κ2) is 8.27. The predicted molar refractivity (Wildman–Crippen MR) is 98.3 cm³/mol. The summed E-state index contributed by atoms with van der Waals surface area (Å²) in [6.45, 7) is 5.22. The van der Waals surface area contributed by atoms with Crippen molar-refractivity contribution in [2.24, 2.45) is 5.92 Å². The quantitative estimate of drug-likeness (QED) is 0.654. The highest BCUT2D eigenvalue weighted by Gasteiger charge is 2.20. The number of fused-ring (bicyclic) bond motifs is 1. The zero-order valence-electron chi connectivity index (χ0n) is 14.9. The molecule has 24 heavy (non-hydrogen) atoms. The number of hydrogen-bond donors (Lipinski definition) is 0. The standard InChI is InChI=1S/C21H28N2O/c1-3-5-13-24-19-10-8-17(9-11-19)21-22-15-18-14-16(6-4-2)7-12-20(18)23-21/h8-11,15-16H,3-7,12-14H2,1-2H3. The first-order chi connectivity index (χ1) is 11.8. The van der Waals surface area contributed by atoms with Crippen LogP contribution in [0.3, 0.4) is 0 Å². The van der Waals surface area contributed by atoms with E-state index < -0.39 is 0 Å². The molecule has 0 bridgehead atoms. The first kappa shape index (κ1) is 16.9. The molecule has 3 rings (SSSR count). The van der Waals surface area contributed by atoms with E-state index in [4.69, 9.17) is 9.72 Å². The number of aromatic nitrogens is 2. The second-order valence-electron chi connectivity index (χ2n) is 6.79. The van der Waals surface area contributed by atoms with Gasteiger partial charge in [0.15, 0.2) is 5.82 Å². The molecule has 0 N–H and O–H groups in total. The van der Waals surface area contributed by atoms with Gasteiger partial charge in [-0.1, -0.05) is 33.1 Å². The number of aryl methyl sites for hydroxylation is 1. The van der Waals surface area contributed by atoms with E-state index in [2.05, 4.69) is 31.0 Å². The lowest BCUT2D eigenvalue weighted by molar-refractivity contribution is 0.309. The highest BCUT2D eigenvalue weighted by Crippen LogP contribution is 2.28.